The molecule has 7 nitrogen and oxygen atoms in total. The van der Waals surface area contributed by atoms with Crippen LogP contribution in [0.1, 0.15) is 16.7 Å². The van der Waals surface area contributed by atoms with E-state index in [4.69, 9.17) is 42.4 Å². The minimum Gasteiger partial charge on any atom is -0.479 e. The molecule has 0 spiro atoms. The highest BCUT2D eigenvalue weighted by Gasteiger charge is 2.19. The largest absolute Gasteiger partial charge is 0.479 e. The second-order valence-corrected chi connectivity index (χ2v) is 6.09. The fourth-order valence-electron chi connectivity index (χ4n) is 2.26. The van der Waals surface area contributed by atoms with Gasteiger partial charge < -0.3 is 19.1 Å². The highest BCUT2D eigenvalue weighted by Crippen LogP contribution is 2.23. The molecule has 28 heavy (non-hydrogen) atoms. The average molecular weight is 425 g/mol. The van der Waals surface area contributed by atoms with E-state index < -0.39 is 5.97 Å². The average Bonchev–Trinajstić information content (AvgIpc) is 2.71. The molecule has 0 aromatic heterocycles. The van der Waals surface area contributed by atoms with Crippen LogP contribution in [0.25, 0.3) is 0 Å². The van der Waals surface area contributed by atoms with Gasteiger partial charge in [0.2, 0.25) is 0 Å². The summed E-state index contributed by atoms with van der Waals surface area (Å²) in [5.41, 5.74) is 1.77. The predicted octanol–water partition coefficient (Wildman–Crippen LogP) is 4.04. The number of hydrogen-bond acceptors (Lipinski definition) is 7. The van der Waals surface area contributed by atoms with Crippen molar-refractivity contribution in [3.8, 4) is 0 Å². The Bertz CT molecular complexity index is 900. The maximum atomic E-state index is 12.0. The first-order chi connectivity index (χ1) is 13.5. The Hall–Kier alpha value is -2.77. The Balaban J connectivity index is 2.24. The molecule has 148 valence electrons. The van der Waals surface area contributed by atoms with E-state index in [1.54, 1.807) is 42.5 Å². The molecule has 2 aromatic rings. The molecular weight excluding hydrogens is 407 g/mol. The van der Waals surface area contributed by atoms with Gasteiger partial charge in [0.05, 0.1) is 24.3 Å². The van der Waals surface area contributed by atoms with Crippen molar-refractivity contribution in [2.24, 2.45) is 10.3 Å². The van der Waals surface area contributed by atoms with Crippen LogP contribution < -0.4 is 0 Å². The Morgan fingerprint density at radius 1 is 0.964 bits per heavy atom. The number of methoxy groups -OCH3 is 2. The van der Waals surface area contributed by atoms with E-state index in [1.807, 2.05) is 0 Å². The number of benzene rings is 2. The van der Waals surface area contributed by atoms with Gasteiger partial charge in [-0.05, 0) is 23.4 Å². The molecule has 0 saturated heterocycles. The summed E-state index contributed by atoms with van der Waals surface area (Å²) < 4.78 is 10.00. The molecule has 0 bridgehead atoms. The van der Waals surface area contributed by atoms with Crippen molar-refractivity contribution in [1.29, 1.82) is 0 Å². The third kappa shape index (κ3) is 5.37. The molecule has 0 aliphatic carbocycles. The van der Waals surface area contributed by atoms with Gasteiger partial charge in [0.25, 0.3) is 5.90 Å². The van der Waals surface area contributed by atoms with Crippen LogP contribution in [0.2, 0.25) is 10.0 Å². The molecule has 0 saturated carbocycles. The second kappa shape index (κ2) is 10.5. The van der Waals surface area contributed by atoms with Crippen molar-refractivity contribution in [3.05, 3.63) is 69.2 Å². The lowest BCUT2D eigenvalue weighted by Gasteiger charge is -2.10. The predicted molar refractivity (Wildman–Crippen MR) is 107 cm³/mol. The molecule has 0 heterocycles. The van der Waals surface area contributed by atoms with Gasteiger partial charge in [-0.15, -0.1) is 0 Å². The Labute approximate surface area is 172 Å². The maximum absolute atomic E-state index is 12.0. The normalized spacial score (nSPS) is 11.8. The van der Waals surface area contributed by atoms with E-state index in [1.165, 1.54) is 21.3 Å². The number of esters is 1. The SMILES string of the molecule is CO/N=C(/C(=O)OC)c1ccccc1CO/N=C(\OC)c1ccc(Cl)c(Cl)c1. The first-order valence-electron chi connectivity index (χ1n) is 7.99. The number of rotatable bonds is 7. The van der Waals surface area contributed by atoms with Crippen LogP contribution in [0, 0.1) is 0 Å². The van der Waals surface area contributed by atoms with E-state index in [0.717, 1.165) is 0 Å². The van der Waals surface area contributed by atoms with Crippen molar-refractivity contribution in [2.75, 3.05) is 21.3 Å². The Kier molecular flexibility index (Phi) is 8.10. The highest BCUT2D eigenvalue weighted by atomic mass is 35.5. The topological polar surface area (TPSA) is 78.7 Å². The van der Waals surface area contributed by atoms with Gasteiger partial charge in [0.15, 0.2) is 5.71 Å². The zero-order chi connectivity index (χ0) is 20.5. The highest BCUT2D eigenvalue weighted by molar-refractivity contribution is 6.43. The van der Waals surface area contributed by atoms with Crippen LogP contribution in [0.4, 0.5) is 0 Å². The van der Waals surface area contributed by atoms with Crippen molar-refractivity contribution < 1.29 is 23.9 Å². The Morgan fingerprint density at radius 3 is 2.36 bits per heavy atom. The third-order valence-electron chi connectivity index (χ3n) is 3.56. The number of hydrogen-bond donors (Lipinski definition) is 0. The minimum atomic E-state index is -0.633. The van der Waals surface area contributed by atoms with Crippen LogP contribution >= 0.6 is 23.2 Å². The molecule has 0 fully saturated rings. The van der Waals surface area contributed by atoms with E-state index in [2.05, 4.69) is 10.3 Å². The number of oxime groups is 2. The molecule has 0 N–H and O–H groups in total. The molecule has 0 atom stereocenters. The zero-order valence-electron chi connectivity index (χ0n) is 15.4. The molecule has 0 amide bonds. The summed E-state index contributed by atoms with van der Waals surface area (Å²) in [5.74, 6) is -0.416. The number of carbonyl (C=O) groups is 1. The summed E-state index contributed by atoms with van der Waals surface area (Å²) in [7, 11) is 4.06. The van der Waals surface area contributed by atoms with E-state index in [9.17, 15) is 4.79 Å². The first-order valence-corrected chi connectivity index (χ1v) is 8.74. The van der Waals surface area contributed by atoms with Gasteiger partial charge in [-0.3, -0.25) is 0 Å². The summed E-state index contributed by atoms with van der Waals surface area (Å²) in [6.07, 6.45) is 0. The zero-order valence-corrected chi connectivity index (χ0v) is 17.0. The lowest BCUT2D eigenvalue weighted by molar-refractivity contribution is -0.132. The Morgan fingerprint density at radius 2 is 1.71 bits per heavy atom. The van der Waals surface area contributed by atoms with Gasteiger partial charge >= 0.3 is 5.97 Å². The molecular formula is C19H18Cl2N2O5. The number of nitrogens with zero attached hydrogens (tertiary/aromatic N) is 2. The molecule has 0 aliphatic rings. The standard InChI is InChI=1S/C19H18Cl2N2O5/c1-25-18(12-8-9-15(20)16(21)10-12)23-28-11-13-6-4-5-7-14(13)17(22-27-3)19(24)26-2/h4-10H,11H2,1-3H3/b22-17+,23-18-. The van der Waals surface area contributed by atoms with Crippen molar-refractivity contribution in [1.82, 2.24) is 0 Å². The summed E-state index contributed by atoms with van der Waals surface area (Å²) >= 11 is 11.9. The summed E-state index contributed by atoms with van der Waals surface area (Å²) in [5, 5.41) is 8.53. The first kappa shape index (κ1) is 21.5. The molecule has 2 aromatic carbocycles. The fraction of sp³-hybridized carbons (Fsp3) is 0.211. The maximum Gasteiger partial charge on any atom is 0.360 e. The molecule has 0 radical (unpaired) electrons. The molecule has 0 unspecified atom stereocenters. The van der Waals surface area contributed by atoms with Crippen molar-refractivity contribution >= 4 is 40.8 Å². The quantitative estimate of drug-likeness (QED) is 0.290. The number of ether oxygens (including phenoxy) is 2. The van der Waals surface area contributed by atoms with Gasteiger partial charge in [-0.25, -0.2) is 4.79 Å². The molecule has 0 aliphatic heterocycles. The van der Waals surface area contributed by atoms with E-state index in [-0.39, 0.29) is 18.2 Å². The van der Waals surface area contributed by atoms with Gasteiger partial charge in [-0.2, -0.15) is 0 Å². The lowest BCUT2D eigenvalue weighted by Crippen LogP contribution is -2.19. The van der Waals surface area contributed by atoms with Gasteiger partial charge in [0, 0.05) is 16.7 Å². The van der Waals surface area contributed by atoms with Crippen LogP contribution in [0.3, 0.4) is 0 Å². The molecule has 2 rings (SSSR count). The number of carbonyl (C=O) groups excluding carboxylic acids is 1. The summed E-state index contributed by atoms with van der Waals surface area (Å²) in [6.45, 7) is 0.0457. The van der Waals surface area contributed by atoms with Gasteiger partial charge in [-0.1, -0.05) is 52.6 Å². The third-order valence-corrected chi connectivity index (χ3v) is 4.30. The van der Waals surface area contributed by atoms with Crippen LogP contribution in [0.5, 0.6) is 0 Å². The summed E-state index contributed by atoms with van der Waals surface area (Å²) in [4.78, 5) is 22.2. The van der Waals surface area contributed by atoms with Crippen molar-refractivity contribution in [2.45, 2.75) is 6.61 Å². The smallest absolute Gasteiger partial charge is 0.360 e. The monoisotopic (exact) mass is 424 g/mol. The lowest BCUT2D eigenvalue weighted by atomic mass is 10.0. The fourth-order valence-corrected chi connectivity index (χ4v) is 2.56. The van der Waals surface area contributed by atoms with Crippen molar-refractivity contribution in [3.63, 3.8) is 0 Å². The van der Waals surface area contributed by atoms with E-state index >= 15 is 0 Å². The van der Waals surface area contributed by atoms with Crippen LogP contribution in [-0.2, 0) is 30.6 Å². The second-order valence-electron chi connectivity index (χ2n) is 5.27. The van der Waals surface area contributed by atoms with Crippen LogP contribution in [0.15, 0.2) is 52.8 Å². The van der Waals surface area contributed by atoms with Crippen LogP contribution in [-0.4, -0.2) is 38.9 Å². The minimum absolute atomic E-state index is 0.0182. The molecule has 9 heteroatoms. The summed E-state index contributed by atoms with van der Waals surface area (Å²) in [6, 6.07) is 12.0. The van der Waals surface area contributed by atoms with E-state index in [0.29, 0.717) is 26.7 Å². The van der Waals surface area contributed by atoms with Gasteiger partial charge in [0.1, 0.15) is 13.7 Å². The number of halogens is 2.